The first-order valence-corrected chi connectivity index (χ1v) is 15.6. The van der Waals surface area contributed by atoms with Gasteiger partial charge in [-0.15, -0.1) is 0 Å². The monoisotopic (exact) mass is 496 g/mol. The van der Waals surface area contributed by atoms with Crippen molar-refractivity contribution < 1.29 is 14.3 Å². The van der Waals surface area contributed by atoms with E-state index in [9.17, 15) is 4.79 Å². The molecule has 0 aromatic heterocycles. The van der Waals surface area contributed by atoms with Crippen molar-refractivity contribution in [3.63, 3.8) is 0 Å². The maximum absolute atomic E-state index is 12.9. The summed E-state index contributed by atoms with van der Waals surface area (Å²) in [4.78, 5) is 12.9. The van der Waals surface area contributed by atoms with Crippen molar-refractivity contribution in [2.24, 2.45) is 17.8 Å². The third-order valence-electron chi connectivity index (χ3n) is 9.80. The molecule has 4 rings (SSSR count). The first-order chi connectivity index (χ1) is 17.6. The normalized spacial score (nSPS) is 28.4. The molecule has 3 aliphatic carbocycles. The molecule has 3 heteroatoms. The predicted octanol–water partition coefficient (Wildman–Crippen LogP) is 10.3. The average Bonchev–Trinajstić information content (AvgIpc) is 2.90. The summed E-state index contributed by atoms with van der Waals surface area (Å²) < 4.78 is 11.8. The van der Waals surface area contributed by atoms with Crippen LogP contribution in [0.1, 0.15) is 153 Å². The van der Waals surface area contributed by atoms with E-state index in [1.165, 1.54) is 107 Å². The second-order valence-electron chi connectivity index (χ2n) is 12.4. The lowest BCUT2D eigenvalue weighted by Crippen LogP contribution is -2.30. The molecule has 0 saturated heterocycles. The van der Waals surface area contributed by atoms with Gasteiger partial charge in [0.15, 0.2) is 0 Å². The van der Waals surface area contributed by atoms with Crippen molar-refractivity contribution in [2.45, 2.75) is 148 Å². The largest absolute Gasteiger partial charge is 0.514 e. The zero-order chi connectivity index (χ0) is 25.3. The minimum absolute atomic E-state index is 0.0205. The van der Waals surface area contributed by atoms with Crippen LogP contribution in [0.25, 0.3) is 0 Å². The number of ether oxygens (including phenoxy) is 2. The molecule has 3 saturated carbocycles. The van der Waals surface area contributed by atoms with Gasteiger partial charge in [0.1, 0.15) is 11.9 Å². The molecule has 1 unspecified atom stereocenters. The van der Waals surface area contributed by atoms with Gasteiger partial charge in [-0.2, -0.15) is 0 Å². The molecule has 3 nitrogen and oxygen atoms in total. The van der Waals surface area contributed by atoms with E-state index >= 15 is 0 Å². The highest BCUT2D eigenvalue weighted by atomic mass is 16.7. The molecule has 3 aliphatic rings. The van der Waals surface area contributed by atoms with Crippen LogP contribution in [-0.2, 0) is 4.74 Å². The van der Waals surface area contributed by atoms with Crippen LogP contribution in [0.4, 0.5) is 4.79 Å². The lowest BCUT2D eigenvalue weighted by atomic mass is 9.70. The minimum atomic E-state index is -0.495. The highest BCUT2D eigenvalue weighted by molar-refractivity contribution is 5.65. The van der Waals surface area contributed by atoms with Crippen LogP contribution in [0.15, 0.2) is 18.2 Å². The fourth-order valence-electron chi connectivity index (χ4n) is 7.58. The predicted molar refractivity (Wildman–Crippen MR) is 149 cm³/mol. The zero-order valence-corrected chi connectivity index (χ0v) is 23.4. The Morgan fingerprint density at radius 2 is 1.53 bits per heavy atom. The summed E-state index contributed by atoms with van der Waals surface area (Å²) in [6, 6.07) is 6.54. The highest BCUT2D eigenvalue weighted by Gasteiger charge is 2.32. The van der Waals surface area contributed by atoms with Crippen LogP contribution < -0.4 is 4.74 Å². The molecule has 0 bridgehead atoms. The summed E-state index contributed by atoms with van der Waals surface area (Å²) in [6.07, 6.45) is 21.0. The first-order valence-electron chi connectivity index (χ1n) is 15.6. The molecule has 0 aliphatic heterocycles. The van der Waals surface area contributed by atoms with E-state index in [1.807, 2.05) is 6.07 Å². The van der Waals surface area contributed by atoms with Crippen molar-refractivity contribution >= 4 is 6.16 Å². The topological polar surface area (TPSA) is 35.5 Å². The van der Waals surface area contributed by atoms with Gasteiger partial charge in [-0.25, -0.2) is 4.79 Å². The number of carbonyl (C=O) groups is 1. The molecule has 202 valence electrons. The van der Waals surface area contributed by atoms with Gasteiger partial charge in [0.25, 0.3) is 0 Å². The van der Waals surface area contributed by atoms with E-state index in [-0.39, 0.29) is 6.10 Å². The van der Waals surface area contributed by atoms with Crippen molar-refractivity contribution in [1.82, 2.24) is 0 Å². The highest BCUT2D eigenvalue weighted by Crippen LogP contribution is 2.42. The second-order valence-corrected chi connectivity index (χ2v) is 12.4. The lowest BCUT2D eigenvalue weighted by Gasteiger charge is -2.37. The molecular formula is C33H52O3. The Balaban J connectivity index is 1.30. The Morgan fingerprint density at radius 3 is 2.17 bits per heavy atom. The van der Waals surface area contributed by atoms with Crippen LogP contribution in [0.2, 0.25) is 0 Å². The van der Waals surface area contributed by atoms with Crippen LogP contribution in [0, 0.1) is 17.8 Å². The Hall–Kier alpha value is -1.51. The van der Waals surface area contributed by atoms with E-state index in [0.29, 0.717) is 11.8 Å². The molecule has 0 amide bonds. The molecule has 0 N–H and O–H groups in total. The van der Waals surface area contributed by atoms with E-state index in [0.717, 1.165) is 36.3 Å². The average molecular weight is 497 g/mol. The van der Waals surface area contributed by atoms with Gasteiger partial charge in [-0.3, -0.25) is 0 Å². The summed E-state index contributed by atoms with van der Waals surface area (Å²) >= 11 is 0. The maximum Gasteiger partial charge on any atom is 0.514 e. The van der Waals surface area contributed by atoms with Crippen molar-refractivity contribution in [2.75, 3.05) is 0 Å². The Labute approximate surface area is 221 Å². The van der Waals surface area contributed by atoms with Crippen molar-refractivity contribution in [1.29, 1.82) is 0 Å². The molecule has 0 radical (unpaired) electrons. The summed E-state index contributed by atoms with van der Waals surface area (Å²) in [5.74, 6) is 4.48. The molecule has 3 fully saturated rings. The summed E-state index contributed by atoms with van der Waals surface area (Å²) in [6.45, 7) is 6.88. The Bertz CT molecular complexity index is 795. The molecule has 1 atom stereocenters. The van der Waals surface area contributed by atoms with Gasteiger partial charge < -0.3 is 9.47 Å². The Morgan fingerprint density at radius 1 is 0.861 bits per heavy atom. The number of carbonyl (C=O) groups excluding carboxylic acids is 1. The van der Waals surface area contributed by atoms with Gasteiger partial charge in [0.2, 0.25) is 0 Å². The second kappa shape index (κ2) is 13.9. The van der Waals surface area contributed by atoms with Gasteiger partial charge >= 0.3 is 6.16 Å². The van der Waals surface area contributed by atoms with Crippen LogP contribution in [0.5, 0.6) is 5.75 Å². The first kappa shape index (κ1) is 27.5. The van der Waals surface area contributed by atoms with Crippen LogP contribution in [-0.4, -0.2) is 12.3 Å². The smallest absolute Gasteiger partial charge is 0.431 e. The number of hydrogen-bond donors (Lipinski definition) is 0. The van der Waals surface area contributed by atoms with Gasteiger partial charge in [0, 0.05) is 0 Å². The summed E-state index contributed by atoms with van der Waals surface area (Å²) in [5, 5.41) is 0. The fraction of sp³-hybridized carbons (Fsp3) is 0.788. The number of rotatable bonds is 9. The standard InChI is InChI=1S/C33H52O3/c1-4-9-24(3)29-19-22-32(31(23-29)28-11-7-6-8-12-28)36-33(34)35-30-20-17-27(18-21-30)26-15-13-25(10-5-2)14-16-26/h19,22-28,30H,4-18,20-21H2,1-3H3. The minimum Gasteiger partial charge on any atom is -0.431 e. The van der Waals surface area contributed by atoms with Crippen molar-refractivity contribution in [3.8, 4) is 5.75 Å². The number of benzene rings is 1. The molecule has 1 aromatic carbocycles. The molecule has 1 aromatic rings. The lowest BCUT2D eigenvalue weighted by molar-refractivity contribution is 0.0236. The molecular weight excluding hydrogens is 444 g/mol. The van der Waals surface area contributed by atoms with Gasteiger partial charge in [-0.1, -0.05) is 84.3 Å². The van der Waals surface area contributed by atoms with E-state index < -0.39 is 6.16 Å². The molecule has 36 heavy (non-hydrogen) atoms. The Kier molecular flexibility index (Phi) is 10.6. The quantitative estimate of drug-likeness (QED) is 0.252. The van der Waals surface area contributed by atoms with Crippen LogP contribution >= 0.6 is 0 Å². The molecule has 0 heterocycles. The third-order valence-corrected chi connectivity index (χ3v) is 9.80. The van der Waals surface area contributed by atoms with Gasteiger partial charge in [0.05, 0.1) is 0 Å². The molecule has 0 spiro atoms. The fourth-order valence-corrected chi connectivity index (χ4v) is 7.58. The SMILES string of the molecule is CCCC1CCC(C2CCC(OC(=O)Oc3ccc(C(C)CCC)cc3C3CCCCC3)CC2)CC1. The van der Waals surface area contributed by atoms with E-state index in [1.54, 1.807) is 0 Å². The summed E-state index contributed by atoms with van der Waals surface area (Å²) in [5.41, 5.74) is 2.61. The van der Waals surface area contributed by atoms with Gasteiger partial charge in [-0.05, 0) is 105 Å². The number of hydrogen-bond acceptors (Lipinski definition) is 3. The summed E-state index contributed by atoms with van der Waals surface area (Å²) in [7, 11) is 0. The zero-order valence-electron chi connectivity index (χ0n) is 23.4. The third kappa shape index (κ3) is 7.51. The van der Waals surface area contributed by atoms with E-state index in [4.69, 9.17) is 9.47 Å². The van der Waals surface area contributed by atoms with Crippen molar-refractivity contribution in [3.05, 3.63) is 29.3 Å². The van der Waals surface area contributed by atoms with Crippen LogP contribution in [0.3, 0.4) is 0 Å². The van der Waals surface area contributed by atoms with E-state index in [2.05, 4.69) is 32.9 Å². The maximum atomic E-state index is 12.9.